The van der Waals surface area contributed by atoms with E-state index in [2.05, 4.69) is 20.6 Å². The van der Waals surface area contributed by atoms with E-state index in [1.165, 1.54) is 4.68 Å². The molecule has 0 saturated carbocycles. The van der Waals surface area contributed by atoms with Gasteiger partial charge in [0.25, 0.3) is 11.5 Å². The van der Waals surface area contributed by atoms with Gasteiger partial charge in [-0.15, -0.1) is 10.2 Å². The van der Waals surface area contributed by atoms with Gasteiger partial charge in [-0.25, -0.2) is 4.68 Å². The average molecular weight is 330 g/mol. The summed E-state index contributed by atoms with van der Waals surface area (Å²) in [6, 6.07) is 11.8. The Hall–Kier alpha value is -2.93. The van der Waals surface area contributed by atoms with Crippen molar-refractivity contribution in [1.82, 2.24) is 20.0 Å². The van der Waals surface area contributed by atoms with Crippen molar-refractivity contribution in [1.29, 1.82) is 0 Å². The van der Waals surface area contributed by atoms with E-state index < -0.39 is 5.56 Å². The third-order valence-electron chi connectivity index (χ3n) is 3.26. The summed E-state index contributed by atoms with van der Waals surface area (Å²) in [4.78, 5) is 24.3. The number of carbonyl (C=O) groups is 1. The van der Waals surface area contributed by atoms with Gasteiger partial charge >= 0.3 is 0 Å². The molecule has 1 aromatic carbocycles. The minimum absolute atomic E-state index is 0.163. The van der Waals surface area contributed by atoms with Crippen molar-refractivity contribution < 1.29 is 4.79 Å². The Bertz CT molecular complexity index is 900. The number of rotatable bonds is 3. The molecule has 3 aromatic rings. The third kappa shape index (κ3) is 3.00. The Morgan fingerprint density at radius 1 is 1.17 bits per heavy atom. The molecule has 0 spiro atoms. The lowest BCUT2D eigenvalue weighted by Gasteiger charge is -2.05. The van der Waals surface area contributed by atoms with E-state index in [4.69, 9.17) is 11.6 Å². The van der Waals surface area contributed by atoms with Crippen LogP contribution in [0.2, 0.25) is 5.15 Å². The second kappa shape index (κ2) is 6.05. The number of anilines is 1. The predicted octanol–water partition coefficient (Wildman–Crippen LogP) is 2.17. The van der Waals surface area contributed by atoms with Gasteiger partial charge in [-0.3, -0.25) is 14.7 Å². The number of H-pyrrole nitrogens is 1. The molecule has 3 rings (SSSR count). The first-order chi connectivity index (χ1) is 11.1. The maximum Gasteiger partial charge on any atom is 0.288 e. The molecule has 0 atom stereocenters. The molecular formula is C15H12ClN5O2. The van der Waals surface area contributed by atoms with E-state index in [1.54, 1.807) is 43.3 Å². The molecule has 0 aliphatic heterocycles. The molecular weight excluding hydrogens is 318 g/mol. The van der Waals surface area contributed by atoms with Gasteiger partial charge in [-0.1, -0.05) is 29.8 Å². The van der Waals surface area contributed by atoms with Gasteiger partial charge in [-0.05, 0) is 31.2 Å². The highest BCUT2D eigenvalue weighted by atomic mass is 35.5. The molecule has 7 nitrogen and oxygen atoms in total. The van der Waals surface area contributed by atoms with Crippen molar-refractivity contribution in [2.75, 3.05) is 5.32 Å². The van der Waals surface area contributed by atoms with Crippen LogP contribution in [0.4, 0.5) is 5.69 Å². The van der Waals surface area contributed by atoms with Gasteiger partial charge in [0.1, 0.15) is 5.69 Å². The maximum atomic E-state index is 12.2. The summed E-state index contributed by atoms with van der Waals surface area (Å²) in [5.74, 6) is 0.0309. The Kier molecular flexibility index (Phi) is 3.94. The fourth-order valence-corrected chi connectivity index (χ4v) is 2.20. The van der Waals surface area contributed by atoms with E-state index in [-0.39, 0.29) is 16.7 Å². The van der Waals surface area contributed by atoms with Crippen molar-refractivity contribution in [3.63, 3.8) is 0 Å². The molecule has 116 valence electrons. The van der Waals surface area contributed by atoms with Gasteiger partial charge in [0, 0.05) is 5.56 Å². The topological polar surface area (TPSA) is 92.7 Å². The van der Waals surface area contributed by atoms with E-state index in [0.29, 0.717) is 17.1 Å². The first-order valence-corrected chi connectivity index (χ1v) is 7.11. The molecule has 23 heavy (non-hydrogen) atoms. The standard InChI is InChI=1S/C15H12ClN5O2/c1-9-13(17-14(22)10-5-3-2-4-6-10)15(23)20-21(9)12-8-7-11(16)18-19-12/h2-8H,1H3,(H,17,22)(H,20,23). The van der Waals surface area contributed by atoms with Crippen LogP contribution in [0.3, 0.4) is 0 Å². The lowest BCUT2D eigenvalue weighted by atomic mass is 10.2. The van der Waals surface area contributed by atoms with Crippen LogP contribution in [0.15, 0.2) is 47.3 Å². The van der Waals surface area contributed by atoms with Crippen molar-refractivity contribution in [2.24, 2.45) is 0 Å². The summed E-state index contributed by atoms with van der Waals surface area (Å²) >= 11 is 5.70. The third-order valence-corrected chi connectivity index (χ3v) is 3.46. The second-order valence-corrected chi connectivity index (χ2v) is 5.16. The first-order valence-electron chi connectivity index (χ1n) is 6.74. The van der Waals surface area contributed by atoms with Crippen LogP contribution < -0.4 is 10.9 Å². The number of hydrogen-bond donors (Lipinski definition) is 2. The Morgan fingerprint density at radius 3 is 2.57 bits per heavy atom. The molecule has 0 saturated heterocycles. The number of amides is 1. The molecule has 0 bridgehead atoms. The van der Waals surface area contributed by atoms with Crippen LogP contribution >= 0.6 is 11.6 Å². The van der Waals surface area contributed by atoms with Crippen molar-refractivity contribution >= 4 is 23.2 Å². The summed E-state index contributed by atoms with van der Waals surface area (Å²) in [5, 5.41) is 13.1. The van der Waals surface area contributed by atoms with Crippen LogP contribution in [0.25, 0.3) is 5.82 Å². The van der Waals surface area contributed by atoms with Crippen molar-refractivity contribution in [2.45, 2.75) is 6.92 Å². The van der Waals surface area contributed by atoms with Gasteiger partial charge in [0.15, 0.2) is 11.0 Å². The lowest BCUT2D eigenvalue weighted by molar-refractivity contribution is 0.102. The van der Waals surface area contributed by atoms with Crippen molar-refractivity contribution in [3.05, 3.63) is 69.2 Å². The van der Waals surface area contributed by atoms with E-state index in [9.17, 15) is 9.59 Å². The Balaban J connectivity index is 1.94. The fraction of sp³-hybridized carbons (Fsp3) is 0.0667. The quantitative estimate of drug-likeness (QED) is 0.770. The molecule has 0 aliphatic rings. The number of benzene rings is 1. The molecule has 8 heteroatoms. The smallest absolute Gasteiger partial charge is 0.288 e. The summed E-state index contributed by atoms with van der Waals surface area (Å²) in [6.07, 6.45) is 0. The molecule has 0 radical (unpaired) electrons. The predicted molar refractivity (Wildman–Crippen MR) is 86.1 cm³/mol. The first kappa shape index (κ1) is 15.0. The highest BCUT2D eigenvalue weighted by molar-refractivity contribution is 6.29. The number of hydrogen-bond acceptors (Lipinski definition) is 4. The van der Waals surface area contributed by atoms with Gasteiger partial charge in [0.2, 0.25) is 0 Å². The highest BCUT2D eigenvalue weighted by Gasteiger charge is 2.16. The summed E-state index contributed by atoms with van der Waals surface area (Å²) < 4.78 is 1.44. The van der Waals surface area contributed by atoms with Crippen LogP contribution in [-0.4, -0.2) is 25.9 Å². The van der Waals surface area contributed by atoms with Crippen LogP contribution in [0, 0.1) is 6.92 Å². The Morgan fingerprint density at radius 2 is 1.91 bits per heavy atom. The minimum atomic E-state index is -0.427. The fourth-order valence-electron chi connectivity index (χ4n) is 2.10. The summed E-state index contributed by atoms with van der Waals surface area (Å²) in [7, 11) is 0. The maximum absolute atomic E-state index is 12.2. The lowest BCUT2D eigenvalue weighted by Crippen LogP contribution is -2.17. The molecule has 1 amide bonds. The number of carbonyl (C=O) groups excluding carboxylic acids is 1. The van der Waals surface area contributed by atoms with Gasteiger partial charge < -0.3 is 5.32 Å². The number of aromatic amines is 1. The largest absolute Gasteiger partial charge is 0.316 e. The van der Waals surface area contributed by atoms with E-state index in [0.717, 1.165) is 0 Å². The number of aromatic nitrogens is 4. The van der Waals surface area contributed by atoms with Crippen LogP contribution in [-0.2, 0) is 0 Å². The zero-order chi connectivity index (χ0) is 16.4. The molecule has 2 heterocycles. The van der Waals surface area contributed by atoms with Crippen molar-refractivity contribution in [3.8, 4) is 5.82 Å². The van der Waals surface area contributed by atoms with Crippen LogP contribution in [0.1, 0.15) is 16.1 Å². The molecule has 2 aromatic heterocycles. The zero-order valence-electron chi connectivity index (χ0n) is 12.1. The second-order valence-electron chi connectivity index (χ2n) is 4.77. The molecule has 0 fully saturated rings. The highest BCUT2D eigenvalue weighted by Crippen LogP contribution is 2.14. The number of halogens is 1. The SMILES string of the molecule is Cc1c(NC(=O)c2ccccc2)c(=O)[nH]n1-c1ccc(Cl)nn1. The van der Waals surface area contributed by atoms with Gasteiger partial charge in [-0.2, -0.15) is 0 Å². The molecule has 0 unspecified atom stereocenters. The van der Waals surface area contributed by atoms with E-state index in [1.807, 2.05) is 6.07 Å². The normalized spacial score (nSPS) is 10.5. The monoisotopic (exact) mass is 329 g/mol. The van der Waals surface area contributed by atoms with E-state index >= 15 is 0 Å². The molecule has 0 aliphatic carbocycles. The number of nitrogens with one attached hydrogen (secondary N) is 2. The molecule has 2 N–H and O–H groups in total. The number of nitrogens with zero attached hydrogens (tertiary/aromatic N) is 3. The zero-order valence-corrected chi connectivity index (χ0v) is 12.8. The Labute approximate surface area is 135 Å². The summed E-state index contributed by atoms with van der Waals surface area (Å²) in [5.41, 5.74) is 0.709. The minimum Gasteiger partial charge on any atom is -0.316 e. The summed E-state index contributed by atoms with van der Waals surface area (Å²) in [6.45, 7) is 1.69. The average Bonchev–Trinajstić information content (AvgIpc) is 2.84. The van der Waals surface area contributed by atoms with Crippen LogP contribution in [0.5, 0.6) is 0 Å². The van der Waals surface area contributed by atoms with Gasteiger partial charge in [0.05, 0.1) is 5.69 Å².